The number of carbonyl (C=O) groups is 2. The zero-order valence-electron chi connectivity index (χ0n) is 10.8. The van der Waals surface area contributed by atoms with Crippen LogP contribution in [0.25, 0.3) is 11.1 Å². The predicted molar refractivity (Wildman–Crippen MR) is 76.6 cm³/mol. The first-order chi connectivity index (χ1) is 9.75. The van der Waals surface area contributed by atoms with Gasteiger partial charge in [0.25, 0.3) is 11.8 Å². The van der Waals surface area contributed by atoms with Crippen molar-refractivity contribution in [3.8, 4) is 11.1 Å². The lowest BCUT2D eigenvalue weighted by atomic mass is 9.99. The normalized spacial score (nSPS) is 14.1. The van der Waals surface area contributed by atoms with Crippen LogP contribution in [0.3, 0.4) is 0 Å². The molecule has 2 aromatic rings. The van der Waals surface area contributed by atoms with Crippen molar-refractivity contribution < 1.29 is 9.59 Å². The van der Waals surface area contributed by atoms with Crippen LogP contribution in [0.5, 0.6) is 0 Å². The van der Waals surface area contributed by atoms with Gasteiger partial charge in [0.1, 0.15) is 0 Å². The summed E-state index contributed by atoms with van der Waals surface area (Å²) in [6, 6.07) is 17.8. The fraction of sp³-hybridized carbons (Fsp3) is 0.0588. The first kappa shape index (κ1) is 12.4. The molecule has 0 atom stereocenters. The van der Waals surface area contributed by atoms with Gasteiger partial charge in [0.2, 0.25) is 0 Å². The number of rotatable bonds is 3. The summed E-state index contributed by atoms with van der Waals surface area (Å²) in [5.41, 5.74) is 3.08. The van der Waals surface area contributed by atoms with Gasteiger partial charge in [-0.2, -0.15) is 0 Å². The quantitative estimate of drug-likeness (QED) is 0.798. The molecule has 0 fully saturated rings. The largest absolute Gasteiger partial charge is 0.271 e. The van der Waals surface area contributed by atoms with Crippen molar-refractivity contribution in [1.29, 1.82) is 0 Å². The highest BCUT2D eigenvalue weighted by Crippen LogP contribution is 2.25. The summed E-state index contributed by atoms with van der Waals surface area (Å²) in [6.45, 7) is 0.301. The Morgan fingerprint density at radius 3 is 2.05 bits per heavy atom. The SMILES string of the molecule is O=C1C=CC(=O)N1Cc1ccccc1-c1ccccc1. The fourth-order valence-corrected chi connectivity index (χ4v) is 2.31. The average Bonchev–Trinajstić information content (AvgIpc) is 2.81. The van der Waals surface area contributed by atoms with Gasteiger partial charge in [0, 0.05) is 12.2 Å². The number of hydrogen-bond acceptors (Lipinski definition) is 2. The number of nitrogens with zero attached hydrogens (tertiary/aromatic N) is 1. The Labute approximate surface area is 117 Å². The predicted octanol–water partition coefficient (Wildman–Crippen LogP) is 2.78. The Bertz CT molecular complexity index is 671. The lowest BCUT2D eigenvalue weighted by Gasteiger charge is -2.16. The third kappa shape index (κ3) is 2.26. The van der Waals surface area contributed by atoms with E-state index in [2.05, 4.69) is 0 Å². The number of amides is 2. The molecule has 0 N–H and O–H groups in total. The van der Waals surface area contributed by atoms with E-state index >= 15 is 0 Å². The summed E-state index contributed by atoms with van der Waals surface area (Å²) in [7, 11) is 0. The number of benzene rings is 2. The lowest BCUT2D eigenvalue weighted by molar-refractivity contribution is -0.137. The minimum Gasteiger partial charge on any atom is -0.271 e. The van der Waals surface area contributed by atoms with Gasteiger partial charge in [-0.05, 0) is 16.7 Å². The molecule has 98 valence electrons. The highest BCUT2D eigenvalue weighted by Gasteiger charge is 2.24. The van der Waals surface area contributed by atoms with Gasteiger partial charge in [-0.1, -0.05) is 54.6 Å². The molecule has 0 saturated carbocycles. The van der Waals surface area contributed by atoms with E-state index in [1.807, 2.05) is 54.6 Å². The molecule has 0 aromatic heterocycles. The Morgan fingerprint density at radius 2 is 1.35 bits per heavy atom. The molecule has 0 spiro atoms. The van der Waals surface area contributed by atoms with Crippen molar-refractivity contribution in [2.45, 2.75) is 6.54 Å². The molecule has 1 heterocycles. The molecule has 0 radical (unpaired) electrons. The highest BCUT2D eigenvalue weighted by molar-refractivity contribution is 6.12. The van der Waals surface area contributed by atoms with Gasteiger partial charge < -0.3 is 0 Å². The van der Waals surface area contributed by atoms with Crippen LogP contribution >= 0.6 is 0 Å². The summed E-state index contributed by atoms with van der Waals surface area (Å²) < 4.78 is 0. The zero-order chi connectivity index (χ0) is 13.9. The zero-order valence-corrected chi connectivity index (χ0v) is 10.8. The highest BCUT2D eigenvalue weighted by atomic mass is 16.2. The molecule has 3 nitrogen and oxygen atoms in total. The van der Waals surface area contributed by atoms with Crippen molar-refractivity contribution in [3.05, 3.63) is 72.3 Å². The first-order valence-electron chi connectivity index (χ1n) is 6.42. The van der Waals surface area contributed by atoms with E-state index < -0.39 is 0 Å². The van der Waals surface area contributed by atoms with E-state index in [0.717, 1.165) is 16.7 Å². The fourth-order valence-electron chi connectivity index (χ4n) is 2.31. The summed E-state index contributed by atoms with van der Waals surface area (Å²) in [6.07, 6.45) is 2.63. The van der Waals surface area contributed by atoms with Crippen LogP contribution in [0.4, 0.5) is 0 Å². The van der Waals surface area contributed by atoms with E-state index in [0.29, 0.717) is 6.54 Å². The molecule has 20 heavy (non-hydrogen) atoms. The van der Waals surface area contributed by atoms with Crippen LogP contribution < -0.4 is 0 Å². The Balaban J connectivity index is 1.95. The Morgan fingerprint density at radius 1 is 0.750 bits per heavy atom. The van der Waals surface area contributed by atoms with Gasteiger partial charge >= 0.3 is 0 Å². The lowest BCUT2D eigenvalue weighted by Crippen LogP contribution is -2.29. The summed E-state index contributed by atoms with van der Waals surface area (Å²) in [5.74, 6) is -0.504. The molecule has 2 amide bonds. The molecular formula is C17H13NO2. The van der Waals surface area contributed by atoms with Gasteiger partial charge in [0.15, 0.2) is 0 Å². The van der Waals surface area contributed by atoms with Gasteiger partial charge in [-0.15, -0.1) is 0 Å². The second-order valence-electron chi connectivity index (χ2n) is 4.62. The average molecular weight is 263 g/mol. The van der Waals surface area contributed by atoms with Crippen molar-refractivity contribution in [2.24, 2.45) is 0 Å². The van der Waals surface area contributed by atoms with Crippen LogP contribution in [0.15, 0.2) is 66.7 Å². The summed E-state index contributed by atoms with van der Waals surface area (Å²) in [5, 5.41) is 0. The molecule has 0 saturated heterocycles. The maximum Gasteiger partial charge on any atom is 0.253 e. The summed E-state index contributed by atoms with van der Waals surface area (Å²) >= 11 is 0. The molecule has 3 heteroatoms. The smallest absolute Gasteiger partial charge is 0.253 e. The number of imide groups is 1. The van der Waals surface area contributed by atoms with Crippen molar-refractivity contribution >= 4 is 11.8 Å². The number of hydrogen-bond donors (Lipinski definition) is 0. The van der Waals surface area contributed by atoms with Crippen LogP contribution in [0.1, 0.15) is 5.56 Å². The molecule has 0 bridgehead atoms. The molecule has 2 aromatic carbocycles. The van der Waals surface area contributed by atoms with Crippen LogP contribution in [0, 0.1) is 0 Å². The van der Waals surface area contributed by atoms with E-state index in [1.54, 1.807) is 0 Å². The third-order valence-corrected chi connectivity index (χ3v) is 3.33. The monoisotopic (exact) mass is 263 g/mol. The molecule has 1 aliphatic heterocycles. The van der Waals surface area contributed by atoms with Crippen LogP contribution in [0.2, 0.25) is 0 Å². The first-order valence-corrected chi connectivity index (χ1v) is 6.42. The van der Waals surface area contributed by atoms with Gasteiger partial charge in [-0.3, -0.25) is 14.5 Å². The van der Waals surface area contributed by atoms with Crippen LogP contribution in [-0.2, 0) is 16.1 Å². The minimum atomic E-state index is -0.252. The molecule has 1 aliphatic rings. The van der Waals surface area contributed by atoms with E-state index in [-0.39, 0.29) is 11.8 Å². The molecule has 0 aliphatic carbocycles. The second-order valence-corrected chi connectivity index (χ2v) is 4.62. The van der Waals surface area contributed by atoms with Crippen molar-refractivity contribution in [1.82, 2.24) is 4.90 Å². The third-order valence-electron chi connectivity index (χ3n) is 3.33. The Hall–Kier alpha value is -2.68. The van der Waals surface area contributed by atoms with Gasteiger partial charge in [-0.25, -0.2) is 0 Å². The standard InChI is InChI=1S/C17H13NO2/c19-16-10-11-17(20)18(16)12-14-8-4-5-9-15(14)13-6-2-1-3-7-13/h1-11H,12H2. The van der Waals surface area contributed by atoms with E-state index in [4.69, 9.17) is 0 Å². The maximum atomic E-state index is 11.7. The van der Waals surface area contributed by atoms with Gasteiger partial charge in [0.05, 0.1) is 6.54 Å². The van der Waals surface area contributed by atoms with E-state index in [9.17, 15) is 9.59 Å². The molecule has 3 rings (SSSR count). The number of carbonyl (C=O) groups excluding carboxylic acids is 2. The van der Waals surface area contributed by atoms with E-state index in [1.165, 1.54) is 17.1 Å². The Kier molecular flexibility index (Phi) is 3.17. The summed E-state index contributed by atoms with van der Waals surface area (Å²) in [4.78, 5) is 24.6. The second kappa shape index (κ2) is 5.13. The molecule has 0 unspecified atom stereocenters. The minimum absolute atomic E-state index is 0.252. The van der Waals surface area contributed by atoms with Crippen molar-refractivity contribution in [3.63, 3.8) is 0 Å². The maximum absolute atomic E-state index is 11.7. The topological polar surface area (TPSA) is 37.4 Å². The molecular weight excluding hydrogens is 250 g/mol. The van der Waals surface area contributed by atoms with Crippen molar-refractivity contribution in [2.75, 3.05) is 0 Å². The van der Waals surface area contributed by atoms with Crippen LogP contribution in [-0.4, -0.2) is 16.7 Å².